The van der Waals surface area contributed by atoms with Crippen molar-refractivity contribution in [2.45, 2.75) is 0 Å². The van der Waals surface area contributed by atoms with E-state index in [1.807, 2.05) is 30.3 Å². The van der Waals surface area contributed by atoms with Gasteiger partial charge in [0, 0.05) is 14.8 Å². The number of hydrogen-bond acceptors (Lipinski definition) is 3. The van der Waals surface area contributed by atoms with E-state index in [9.17, 15) is 0 Å². The topological polar surface area (TPSA) is 38.9 Å². The molecule has 3 rings (SSSR count). The van der Waals surface area contributed by atoms with Gasteiger partial charge in [0.1, 0.15) is 5.01 Å². The van der Waals surface area contributed by atoms with Gasteiger partial charge in [0.2, 0.25) is 0 Å². The first-order chi connectivity index (χ1) is 8.24. The highest BCUT2D eigenvalue weighted by Gasteiger charge is 2.06. The van der Waals surface area contributed by atoms with Crippen LogP contribution in [0.1, 0.15) is 0 Å². The van der Waals surface area contributed by atoms with Crippen LogP contribution in [0.15, 0.2) is 42.5 Å². The molecule has 0 aliphatic carbocycles. The first kappa shape index (κ1) is 11.0. The second kappa shape index (κ2) is 4.27. The molecule has 0 bridgehead atoms. The van der Waals surface area contributed by atoms with Crippen molar-refractivity contribution in [1.82, 2.24) is 4.98 Å². The summed E-state index contributed by atoms with van der Waals surface area (Å²) in [5, 5.41) is 1.05. The van der Waals surface area contributed by atoms with Gasteiger partial charge in [-0.05, 0) is 52.9 Å². The summed E-state index contributed by atoms with van der Waals surface area (Å²) in [7, 11) is 0. The highest BCUT2D eigenvalue weighted by molar-refractivity contribution is 14.1. The Bertz CT molecular complexity index is 658. The Morgan fingerprint density at radius 1 is 1.12 bits per heavy atom. The van der Waals surface area contributed by atoms with Crippen LogP contribution < -0.4 is 5.73 Å². The number of aromatic nitrogens is 1. The lowest BCUT2D eigenvalue weighted by molar-refractivity contribution is 1.47. The predicted molar refractivity (Wildman–Crippen MR) is 82.2 cm³/mol. The Morgan fingerprint density at radius 3 is 2.71 bits per heavy atom. The molecule has 0 fully saturated rings. The average Bonchev–Trinajstić information content (AvgIpc) is 2.76. The molecule has 0 spiro atoms. The summed E-state index contributed by atoms with van der Waals surface area (Å²) < 4.78 is 2.29. The Hall–Kier alpha value is -1.14. The van der Waals surface area contributed by atoms with E-state index in [1.54, 1.807) is 11.3 Å². The monoisotopic (exact) mass is 352 g/mol. The van der Waals surface area contributed by atoms with Crippen LogP contribution in [-0.4, -0.2) is 4.98 Å². The third-order valence-corrected chi connectivity index (χ3v) is 4.56. The van der Waals surface area contributed by atoms with E-state index in [1.165, 1.54) is 4.70 Å². The molecule has 0 amide bonds. The standard InChI is InChI=1S/C13H9IN2S/c14-9-7-8(5-6-10(9)15)13-16-11-3-1-2-4-12(11)17-13/h1-7H,15H2. The van der Waals surface area contributed by atoms with Gasteiger partial charge in [0.15, 0.2) is 0 Å². The van der Waals surface area contributed by atoms with E-state index in [-0.39, 0.29) is 0 Å². The molecule has 84 valence electrons. The summed E-state index contributed by atoms with van der Waals surface area (Å²) in [4.78, 5) is 4.63. The molecule has 1 aromatic heterocycles. The molecule has 1 heterocycles. The maximum Gasteiger partial charge on any atom is 0.124 e. The van der Waals surface area contributed by atoms with Crippen molar-refractivity contribution in [2.75, 3.05) is 5.73 Å². The summed E-state index contributed by atoms with van der Waals surface area (Å²) in [6.45, 7) is 0. The number of thiazole rings is 1. The molecule has 0 aliphatic heterocycles. The van der Waals surface area contributed by atoms with Gasteiger partial charge in [0.25, 0.3) is 0 Å². The molecular formula is C13H9IN2S. The number of nitrogen functional groups attached to an aromatic ring is 1. The molecule has 4 heteroatoms. The van der Waals surface area contributed by atoms with Crippen molar-refractivity contribution in [3.8, 4) is 10.6 Å². The second-order valence-electron chi connectivity index (χ2n) is 3.72. The fourth-order valence-corrected chi connectivity index (χ4v) is 3.13. The lowest BCUT2D eigenvalue weighted by atomic mass is 10.2. The maximum absolute atomic E-state index is 5.82. The van der Waals surface area contributed by atoms with Gasteiger partial charge < -0.3 is 5.73 Å². The van der Waals surface area contributed by atoms with Crippen LogP contribution in [0.3, 0.4) is 0 Å². The van der Waals surface area contributed by atoms with E-state index >= 15 is 0 Å². The Kier molecular flexibility index (Phi) is 2.76. The molecule has 0 unspecified atom stereocenters. The largest absolute Gasteiger partial charge is 0.398 e. The molecule has 0 aliphatic rings. The number of nitrogens with zero attached hydrogens (tertiary/aromatic N) is 1. The normalized spacial score (nSPS) is 10.9. The van der Waals surface area contributed by atoms with Crippen molar-refractivity contribution in [3.63, 3.8) is 0 Å². The first-order valence-electron chi connectivity index (χ1n) is 5.15. The van der Waals surface area contributed by atoms with Gasteiger partial charge in [-0.1, -0.05) is 12.1 Å². The molecule has 0 radical (unpaired) electrons. The van der Waals surface area contributed by atoms with E-state index in [0.29, 0.717) is 0 Å². The minimum absolute atomic E-state index is 0.815. The van der Waals surface area contributed by atoms with Crippen molar-refractivity contribution in [1.29, 1.82) is 0 Å². The quantitative estimate of drug-likeness (QED) is 0.528. The summed E-state index contributed by atoms with van der Waals surface area (Å²) in [6.07, 6.45) is 0. The number of rotatable bonds is 1. The van der Waals surface area contributed by atoms with E-state index in [4.69, 9.17) is 5.73 Å². The highest BCUT2D eigenvalue weighted by atomic mass is 127. The third-order valence-electron chi connectivity index (χ3n) is 2.54. The van der Waals surface area contributed by atoms with Gasteiger partial charge in [-0.2, -0.15) is 0 Å². The average molecular weight is 352 g/mol. The number of hydrogen-bond donors (Lipinski definition) is 1. The Morgan fingerprint density at radius 2 is 1.94 bits per heavy atom. The molecule has 0 saturated carbocycles. The molecule has 0 saturated heterocycles. The fraction of sp³-hybridized carbons (Fsp3) is 0. The number of halogens is 1. The second-order valence-corrected chi connectivity index (χ2v) is 5.92. The summed E-state index contributed by atoms with van der Waals surface area (Å²) >= 11 is 3.96. The smallest absolute Gasteiger partial charge is 0.124 e. The van der Waals surface area contributed by atoms with Crippen molar-refractivity contribution < 1.29 is 0 Å². The highest BCUT2D eigenvalue weighted by Crippen LogP contribution is 2.31. The lowest BCUT2D eigenvalue weighted by Crippen LogP contribution is -1.88. The summed E-state index contributed by atoms with van der Waals surface area (Å²) in [6, 6.07) is 14.2. The molecule has 2 nitrogen and oxygen atoms in total. The predicted octanol–water partition coefficient (Wildman–Crippen LogP) is 4.15. The van der Waals surface area contributed by atoms with E-state index in [2.05, 4.69) is 39.7 Å². The zero-order chi connectivity index (χ0) is 11.8. The van der Waals surface area contributed by atoms with Crippen LogP contribution >= 0.6 is 33.9 Å². The van der Waals surface area contributed by atoms with Crippen molar-refractivity contribution >= 4 is 49.8 Å². The lowest BCUT2D eigenvalue weighted by Gasteiger charge is -2.00. The number of anilines is 1. The summed E-state index contributed by atoms with van der Waals surface area (Å²) in [5.74, 6) is 0. The van der Waals surface area contributed by atoms with Crippen LogP contribution in [-0.2, 0) is 0 Å². The van der Waals surface area contributed by atoms with Crippen LogP contribution in [0, 0.1) is 3.57 Å². The van der Waals surface area contributed by atoms with Gasteiger partial charge >= 0.3 is 0 Å². The summed E-state index contributed by atoms with van der Waals surface area (Å²) in [5.41, 5.74) is 8.82. The van der Waals surface area contributed by atoms with Crippen molar-refractivity contribution in [3.05, 3.63) is 46.0 Å². The molecule has 0 atom stereocenters. The van der Waals surface area contributed by atoms with E-state index < -0.39 is 0 Å². The minimum Gasteiger partial charge on any atom is -0.398 e. The van der Waals surface area contributed by atoms with Crippen LogP contribution in [0.2, 0.25) is 0 Å². The first-order valence-corrected chi connectivity index (χ1v) is 7.04. The molecule has 17 heavy (non-hydrogen) atoms. The number of fused-ring (bicyclic) bond motifs is 1. The van der Waals surface area contributed by atoms with Gasteiger partial charge in [-0.3, -0.25) is 0 Å². The van der Waals surface area contributed by atoms with Crippen LogP contribution in [0.25, 0.3) is 20.8 Å². The Balaban J connectivity index is 2.17. The maximum atomic E-state index is 5.82. The number of para-hydroxylation sites is 1. The van der Waals surface area contributed by atoms with Gasteiger partial charge in [0.05, 0.1) is 10.2 Å². The molecule has 2 aromatic carbocycles. The van der Waals surface area contributed by atoms with Gasteiger partial charge in [-0.15, -0.1) is 11.3 Å². The Labute approximate surface area is 117 Å². The fourth-order valence-electron chi connectivity index (χ4n) is 1.66. The SMILES string of the molecule is Nc1ccc(-c2nc3ccccc3s2)cc1I. The zero-order valence-corrected chi connectivity index (χ0v) is 11.8. The van der Waals surface area contributed by atoms with Crippen LogP contribution in [0.4, 0.5) is 5.69 Å². The molecule has 2 N–H and O–H groups in total. The minimum atomic E-state index is 0.815. The zero-order valence-electron chi connectivity index (χ0n) is 8.85. The molecule has 3 aromatic rings. The van der Waals surface area contributed by atoms with Crippen molar-refractivity contribution in [2.24, 2.45) is 0 Å². The number of benzene rings is 2. The third kappa shape index (κ3) is 2.02. The van der Waals surface area contributed by atoms with Crippen LogP contribution in [0.5, 0.6) is 0 Å². The van der Waals surface area contributed by atoms with Gasteiger partial charge in [-0.25, -0.2) is 4.98 Å². The van der Waals surface area contributed by atoms with E-state index in [0.717, 1.165) is 25.3 Å². The molecular weight excluding hydrogens is 343 g/mol. The number of nitrogens with two attached hydrogens (primary N) is 1.